The van der Waals surface area contributed by atoms with E-state index < -0.39 is 92.3 Å². The maximum atomic E-state index is 14.1. The summed E-state index contributed by atoms with van der Waals surface area (Å²) < 4.78 is 66.1. The third-order valence-electron chi connectivity index (χ3n) is 11.2. The van der Waals surface area contributed by atoms with E-state index in [4.69, 9.17) is 22.9 Å². The molecule has 66 heavy (non-hydrogen) atoms. The van der Waals surface area contributed by atoms with E-state index in [1.54, 1.807) is 0 Å². The van der Waals surface area contributed by atoms with Crippen molar-refractivity contribution in [3.63, 3.8) is 0 Å². The van der Waals surface area contributed by atoms with Crippen LogP contribution >= 0.6 is 7.82 Å². The van der Waals surface area contributed by atoms with E-state index in [9.17, 15) is 42.5 Å². The fourth-order valence-corrected chi connectivity index (χ4v) is 7.88. The second-order valence-electron chi connectivity index (χ2n) is 16.7. The molecule has 0 bridgehead atoms. The van der Waals surface area contributed by atoms with Crippen LogP contribution in [0.5, 0.6) is 5.75 Å². The number of esters is 2. The molecular weight excluding hydrogens is 878 g/mol. The molecule has 0 saturated carbocycles. The number of phenolic OH excluding ortho intramolecular Hbond substituents is 1. The number of aromatic hydroxyl groups is 1. The number of amides is 1. The van der Waals surface area contributed by atoms with Crippen LogP contribution in [0, 0.1) is 11.6 Å². The zero-order valence-corrected chi connectivity index (χ0v) is 41.7. The molecule has 0 aliphatic rings. The Kier molecular flexibility index (Phi) is 34.5. The van der Waals surface area contributed by atoms with Crippen LogP contribution in [0.3, 0.4) is 0 Å². The minimum absolute atomic E-state index is 0.120. The molecule has 2 atom stereocenters. The molecule has 0 radical (unpaired) electrons. The normalized spacial score (nSPS) is 12.7. The second-order valence-corrected chi connectivity index (χ2v) is 18.2. The fourth-order valence-electron chi connectivity index (χ4n) is 7.13. The summed E-state index contributed by atoms with van der Waals surface area (Å²) in [7, 11) is -4.79. The van der Waals surface area contributed by atoms with E-state index in [-0.39, 0.29) is 18.2 Å². The zero-order valence-electron chi connectivity index (χ0n) is 40.8. The first-order valence-electron chi connectivity index (χ1n) is 24.9. The van der Waals surface area contributed by atoms with Crippen molar-refractivity contribution in [2.45, 2.75) is 195 Å². The van der Waals surface area contributed by atoms with Crippen LogP contribution < -0.4 is 10.9 Å². The molecular formula is C49H83F2N2O12P. The first kappa shape index (κ1) is 60.6. The largest absolute Gasteiger partial charge is 0.503 e. The summed E-state index contributed by atoms with van der Waals surface area (Å²) in [5.41, 5.74) is -2.65. The number of hydrogen-bond donors (Lipinski definition) is 3. The lowest BCUT2D eigenvalue weighted by Gasteiger charge is -2.20. The van der Waals surface area contributed by atoms with Crippen LogP contribution in [0.2, 0.25) is 0 Å². The van der Waals surface area contributed by atoms with Crippen molar-refractivity contribution in [3.8, 4) is 5.75 Å². The van der Waals surface area contributed by atoms with Crippen LogP contribution in [0.25, 0.3) is 11.0 Å². The molecule has 14 nitrogen and oxygen atoms in total. The molecule has 3 N–H and O–H groups in total. The van der Waals surface area contributed by atoms with Gasteiger partial charge in [0.25, 0.3) is 5.91 Å². The van der Waals surface area contributed by atoms with Gasteiger partial charge in [-0.05, 0) is 44.6 Å². The SMILES string of the molecule is CCCCCCCCCCCCCC(=O)OCC(COP(=O)(O)OCCNC(=O)c1cc2cc(F)c(O)c(F)c2oc1=O)OC(=O)CCCCCCCCCCCCC.CCN(CC)CC. The minimum Gasteiger partial charge on any atom is -0.503 e. The Morgan fingerprint density at radius 1 is 0.697 bits per heavy atom. The van der Waals surface area contributed by atoms with Crippen LogP contribution in [0.4, 0.5) is 8.78 Å². The van der Waals surface area contributed by atoms with Gasteiger partial charge in [0, 0.05) is 24.8 Å². The van der Waals surface area contributed by atoms with Crippen molar-refractivity contribution in [1.82, 2.24) is 10.2 Å². The molecule has 2 unspecified atom stereocenters. The number of hydrogen-bond acceptors (Lipinski definition) is 12. The summed E-state index contributed by atoms with van der Waals surface area (Å²) in [6.07, 6.45) is 23.8. The Morgan fingerprint density at radius 3 is 1.64 bits per heavy atom. The predicted octanol–water partition coefficient (Wildman–Crippen LogP) is 11.8. The number of nitrogens with one attached hydrogen (secondary N) is 1. The lowest BCUT2D eigenvalue weighted by atomic mass is 10.1. The molecule has 0 saturated heterocycles. The molecule has 2 rings (SSSR count). The lowest BCUT2D eigenvalue weighted by molar-refractivity contribution is -0.161. The molecule has 0 aliphatic heterocycles. The van der Waals surface area contributed by atoms with Crippen LogP contribution in [0.15, 0.2) is 21.3 Å². The van der Waals surface area contributed by atoms with E-state index in [0.29, 0.717) is 18.9 Å². The lowest BCUT2D eigenvalue weighted by Crippen LogP contribution is -2.31. The Bertz CT molecular complexity index is 1740. The number of carbonyl (C=O) groups is 3. The number of phenols is 1. The summed E-state index contributed by atoms with van der Waals surface area (Å²) in [5.74, 6) is -6.26. The number of ether oxygens (including phenoxy) is 2. The van der Waals surface area contributed by atoms with Crippen molar-refractivity contribution >= 4 is 36.6 Å². The summed E-state index contributed by atoms with van der Waals surface area (Å²) >= 11 is 0. The first-order chi connectivity index (χ1) is 31.7. The molecule has 17 heteroatoms. The van der Waals surface area contributed by atoms with E-state index in [0.717, 1.165) is 51.0 Å². The molecule has 380 valence electrons. The van der Waals surface area contributed by atoms with Crippen LogP contribution in [0.1, 0.15) is 199 Å². The molecule has 0 aliphatic carbocycles. The van der Waals surface area contributed by atoms with Crippen molar-refractivity contribution in [2.75, 3.05) is 46.0 Å². The van der Waals surface area contributed by atoms with E-state index in [2.05, 4.69) is 44.8 Å². The third-order valence-corrected chi connectivity index (χ3v) is 12.2. The number of phosphoric acid groups is 1. The Hall–Kier alpha value is -3.43. The van der Waals surface area contributed by atoms with Crippen LogP contribution in [-0.4, -0.2) is 84.8 Å². The number of phosphoric ester groups is 1. The van der Waals surface area contributed by atoms with Gasteiger partial charge in [-0.15, -0.1) is 0 Å². The molecule has 2 aromatic rings. The Morgan fingerprint density at radius 2 is 1.17 bits per heavy atom. The van der Waals surface area contributed by atoms with Gasteiger partial charge in [0.2, 0.25) is 5.82 Å². The average molecular weight is 961 g/mol. The topological polar surface area (TPSA) is 191 Å². The summed E-state index contributed by atoms with van der Waals surface area (Å²) in [4.78, 5) is 62.7. The van der Waals surface area contributed by atoms with Gasteiger partial charge in [0.15, 0.2) is 23.3 Å². The summed E-state index contributed by atoms with van der Waals surface area (Å²) in [6.45, 7) is 12.5. The smallest absolute Gasteiger partial charge is 0.472 e. The van der Waals surface area contributed by atoms with Crippen molar-refractivity contribution in [3.05, 3.63) is 39.8 Å². The monoisotopic (exact) mass is 961 g/mol. The van der Waals surface area contributed by atoms with Gasteiger partial charge < -0.3 is 34.1 Å². The number of nitrogens with zero attached hydrogens (tertiary/aromatic N) is 1. The van der Waals surface area contributed by atoms with E-state index in [1.807, 2.05) is 0 Å². The fraction of sp³-hybridized carbons (Fsp3) is 0.755. The highest BCUT2D eigenvalue weighted by molar-refractivity contribution is 7.47. The van der Waals surface area contributed by atoms with Crippen LogP contribution in [-0.2, 0) is 32.7 Å². The zero-order chi connectivity index (χ0) is 49.0. The summed E-state index contributed by atoms with van der Waals surface area (Å²) in [6, 6.07) is 1.55. The third kappa shape index (κ3) is 28.0. The maximum absolute atomic E-state index is 14.1. The highest BCUT2D eigenvalue weighted by Gasteiger charge is 2.27. The number of unbranched alkanes of at least 4 members (excludes halogenated alkanes) is 20. The Labute approximate surface area is 392 Å². The van der Waals surface area contributed by atoms with Gasteiger partial charge in [0.1, 0.15) is 12.2 Å². The van der Waals surface area contributed by atoms with Crippen molar-refractivity contribution in [1.29, 1.82) is 0 Å². The van der Waals surface area contributed by atoms with Crippen molar-refractivity contribution < 1.29 is 60.7 Å². The molecule has 1 amide bonds. The maximum Gasteiger partial charge on any atom is 0.472 e. The van der Waals surface area contributed by atoms with Gasteiger partial charge >= 0.3 is 25.4 Å². The number of rotatable bonds is 38. The van der Waals surface area contributed by atoms with Gasteiger partial charge in [-0.25, -0.2) is 13.8 Å². The summed E-state index contributed by atoms with van der Waals surface area (Å²) in [5, 5.41) is 11.4. The first-order valence-corrected chi connectivity index (χ1v) is 26.3. The van der Waals surface area contributed by atoms with Gasteiger partial charge in [-0.2, -0.15) is 4.39 Å². The molecule has 0 fully saturated rings. The van der Waals surface area contributed by atoms with Crippen molar-refractivity contribution in [2.24, 2.45) is 0 Å². The standard InChI is InChI=1S/C43H68F2NO12P.C6H15N/c1-3-5-7-9-11-13-15-17-19-21-23-25-37(47)54-31-34(57-38(48)26-24-22-20-18-16-14-12-10-8-6-4-2)32-56-59(52,53)55-28-27-46-42(50)35-29-33-30-36(44)40(49)39(45)41(33)58-43(35)51;1-4-7(5-2)6-3/h29-30,34,49H,3-28,31-32H2,1-2H3,(H,46,50)(H,52,53);4-6H2,1-3H3. The highest BCUT2D eigenvalue weighted by atomic mass is 31.2. The molecule has 0 spiro atoms. The highest BCUT2D eigenvalue weighted by Crippen LogP contribution is 2.43. The predicted molar refractivity (Wildman–Crippen MR) is 255 cm³/mol. The minimum atomic E-state index is -4.79. The van der Waals surface area contributed by atoms with Gasteiger partial charge in [-0.3, -0.25) is 23.4 Å². The van der Waals surface area contributed by atoms with E-state index >= 15 is 0 Å². The molecule has 1 heterocycles. The molecule has 1 aromatic carbocycles. The number of fused-ring (bicyclic) bond motifs is 1. The van der Waals surface area contributed by atoms with Gasteiger partial charge in [0.05, 0.1) is 13.2 Å². The number of carbonyl (C=O) groups excluding carboxylic acids is 3. The number of halogens is 2. The number of benzene rings is 1. The van der Waals surface area contributed by atoms with E-state index in [1.165, 1.54) is 103 Å². The van der Waals surface area contributed by atoms with Gasteiger partial charge in [-0.1, -0.05) is 163 Å². The molecule has 1 aromatic heterocycles. The average Bonchev–Trinajstić information content (AvgIpc) is 3.29. The Balaban J connectivity index is 0.00000286. The second kappa shape index (κ2) is 37.5. The quantitative estimate of drug-likeness (QED) is 0.0249.